The minimum atomic E-state index is 0.251. The van der Waals surface area contributed by atoms with E-state index in [2.05, 4.69) is 78.3 Å². The quantitative estimate of drug-likeness (QED) is 0.551. The van der Waals surface area contributed by atoms with Crippen molar-refractivity contribution in [1.82, 2.24) is 0 Å². The molecule has 0 spiro atoms. The maximum Gasteiger partial charge on any atom is 0.129 e. The summed E-state index contributed by atoms with van der Waals surface area (Å²) < 4.78 is 1.15. The second-order valence-corrected chi connectivity index (χ2v) is 8.00. The lowest BCUT2D eigenvalue weighted by Gasteiger charge is -2.08. The van der Waals surface area contributed by atoms with Gasteiger partial charge in [-0.3, -0.25) is 4.99 Å². The summed E-state index contributed by atoms with van der Waals surface area (Å²) in [4.78, 5) is 5.96. The Morgan fingerprint density at radius 3 is 2.52 bits per heavy atom. The van der Waals surface area contributed by atoms with E-state index in [9.17, 15) is 0 Å². The first-order valence-electron chi connectivity index (χ1n) is 8.30. The van der Waals surface area contributed by atoms with Gasteiger partial charge in [0.05, 0.1) is 6.54 Å². The second kappa shape index (κ2) is 9.50. The lowest BCUT2D eigenvalue weighted by atomic mass is 9.99. The average Bonchev–Trinajstić information content (AvgIpc) is 3.12. The van der Waals surface area contributed by atoms with Crippen LogP contribution >= 0.6 is 23.5 Å². The molecule has 2 aromatic carbocycles. The molecule has 3 rings (SSSR count). The van der Waals surface area contributed by atoms with E-state index >= 15 is 0 Å². The fourth-order valence-electron chi connectivity index (χ4n) is 2.52. The topological polar surface area (TPSA) is 12.4 Å². The van der Waals surface area contributed by atoms with E-state index in [4.69, 9.17) is 0 Å². The Hall–Kier alpha value is -1.97. The third-order valence-corrected chi connectivity index (χ3v) is 5.97. The summed E-state index contributed by atoms with van der Waals surface area (Å²) in [6.45, 7) is 4.77. The van der Waals surface area contributed by atoms with Crippen LogP contribution in [0.4, 0.5) is 0 Å². The number of benzene rings is 2. The van der Waals surface area contributed by atoms with Gasteiger partial charge < -0.3 is 0 Å². The summed E-state index contributed by atoms with van der Waals surface area (Å²) in [6.07, 6.45) is 8.63. The van der Waals surface area contributed by atoms with E-state index in [1.165, 1.54) is 16.0 Å². The summed E-state index contributed by atoms with van der Waals surface area (Å²) in [6, 6.07) is 20.9. The van der Waals surface area contributed by atoms with E-state index in [1.807, 2.05) is 18.2 Å². The molecule has 126 valence electrons. The Morgan fingerprint density at radius 1 is 1.08 bits per heavy atom. The number of hydrogen-bond donors (Lipinski definition) is 0. The highest BCUT2D eigenvalue weighted by atomic mass is 32.2. The van der Waals surface area contributed by atoms with Gasteiger partial charge in [0.2, 0.25) is 0 Å². The molecule has 1 atom stereocenters. The molecule has 3 heteroatoms. The number of allylic oxidation sites excluding steroid dienone is 2. The maximum absolute atomic E-state index is 4.65. The van der Waals surface area contributed by atoms with Gasteiger partial charge in [0.25, 0.3) is 0 Å². The predicted octanol–water partition coefficient (Wildman–Crippen LogP) is 6.39. The van der Waals surface area contributed by atoms with Crippen LogP contribution in [-0.4, -0.2) is 16.7 Å². The van der Waals surface area contributed by atoms with E-state index in [0.29, 0.717) is 0 Å². The third-order valence-electron chi connectivity index (χ3n) is 3.80. The van der Waals surface area contributed by atoms with Crippen LogP contribution in [-0.2, 0) is 0 Å². The summed E-state index contributed by atoms with van der Waals surface area (Å²) >= 11 is 3.58. The fourth-order valence-corrected chi connectivity index (χ4v) is 4.47. The lowest BCUT2D eigenvalue weighted by Crippen LogP contribution is -1.92. The van der Waals surface area contributed by atoms with Crippen molar-refractivity contribution < 1.29 is 0 Å². The Kier molecular flexibility index (Phi) is 6.78. The van der Waals surface area contributed by atoms with Crippen molar-refractivity contribution in [2.24, 2.45) is 4.99 Å². The van der Waals surface area contributed by atoms with Gasteiger partial charge in [-0.25, -0.2) is 0 Å². The van der Waals surface area contributed by atoms with Crippen molar-refractivity contribution in [2.45, 2.75) is 5.92 Å². The molecule has 0 amide bonds. The largest absolute Gasteiger partial charge is 0.266 e. The number of hydrogen-bond acceptors (Lipinski definition) is 3. The molecule has 0 fully saturated rings. The van der Waals surface area contributed by atoms with Gasteiger partial charge in [-0.2, -0.15) is 0 Å². The lowest BCUT2D eigenvalue weighted by molar-refractivity contribution is 1.07. The van der Waals surface area contributed by atoms with Gasteiger partial charge in [0, 0.05) is 16.6 Å². The van der Waals surface area contributed by atoms with Crippen LogP contribution in [0.15, 0.2) is 95.4 Å². The highest BCUT2D eigenvalue weighted by Crippen LogP contribution is 2.34. The zero-order valence-electron chi connectivity index (χ0n) is 14.0. The molecule has 1 aliphatic rings. The zero-order valence-corrected chi connectivity index (χ0v) is 15.7. The van der Waals surface area contributed by atoms with Crippen molar-refractivity contribution in [3.05, 3.63) is 102 Å². The van der Waals surface area contributed by atoms with E-state index < -0.39 is 0 Å². The first-order chi connectivity index (χ1) is 12.3. The van der Waals surface area contributed by atoms with E-state index in [1.54, 1.807) is 23.5 Å². The van der Waals surface area contributed by atoms with Crippen LogP contribution in [0.5, 0.6) is 0 Å². The molecule has 1 aliphatic heterocycles. The Morgan fingerprint density at radius 2 is 1.80 bits per heavy atom. The Bertz CT molecular complexity index is 776. The fraction of sp³-hybridized carbons (Fsp3) is 0.136. The van der Waals surface area contributed by atoms with Crippen LogP contribution in [0.3, 0.4) is 0 Å². The molecule has 1 heterocycles. The molecular weight excluding hydrogens is 342 g/mol. The van der Waals surface area contributed by atoms with E-state index in [-0.39, 0.29) is 5.92 Å². The van der Waals surface area contributed by atoms with Gasteiger partial charge in [0.1, 0.15) is 4.38 Å². The summed E-state index contributed by atoms with van der Waals surface area (Å²) in [5, 5.41) is 0. The zero-order chi connectivity index (χ0) is 17.3. The van der Waals surface area contributed by atoms with Crippen molar-refractivity contribution in [1.29, 1.82) is 0 Å². The number of aliphatic imine (C=N–C) groups is 1. The van der Waals surface area contributed by atoms with Gasteiger partial charge in [0.15, 0.2) is 0 Å². The first kappa shape index (κ1) is 17.8. The van der Waals surface area contributed by atoms with Crippen molar-refractivity contribution in [2.75, 3.05) is 12.3 Å². The molecule has 0 saturated heterocycles. The smallest absolute Gasteiger partial charge is 0.129 e. The van der Waals surface area contributed by atoms with E-state index in [0.717, 1.165) is 16.7 Å². The van der Waals surface area contributed by atoms with Crippen molar-refractivity contribution in [3.63, 3.8) is 0 Å². The molecule has 25 heavy (non-hydrogen) atoms. The predicted molar refractivity (Wildman–Crippen MR) is 115 cm³/mol. The molecule has 0 N–H and O–H groups in total. The van der Waals surface area contributed by atoms with Crippen LogP contribution in [0.25, 0.3) is 6.08 Å². The summed E-state index contributed by atoms with van der Waals surface area (Å²) in [7, 11) is 0. The number of nitrogens with zero attached hydrogens (tertiary/aromatic N) is 1. The standard InChI is InChI=1S/C22H21NS2/c1-2-19(20-13-7-4-8-14-20)16-21-17-23-22(25-21)24-15-9-12-18-10-5-3-6-11-18/h2-14,16,19H,1,15,17H2/b12-9+,21-16+. The minimum Gasteiger partial charge on any atom is -0.266 e. The second-order valence-electron chi connectivity index (χ2n) is 5.61. The normalized spacial score (nSPS) is 17.0. The van der Waals surface area contributed by atoms with Gasteiger partial charge in [-0.15, -0.1) is 6.58 Å². The Balaban J connectivity index is 1.51. The van der Waals surface area contributed by atoms with Crippen molar-refractivity contribution in [3.8, 4) is 0 Å². The Labute approximate surface area is 158 Å². The monoisotopic (exact) mass is 363 g/mol. The molecule has 2 aromatic rings. The van der Waals surface area contributed by atoms with Crippen LogP contribution in [0.1, 0.15) is 17.0 Å². The SMILES string of the molecule is C=CC(/C=C1\CN=C(SC/C=C/c2ccccc2)S1)c1ccccc1. The molecular formula is C22H21NS2. The molecule has 0 saturated carbocycles. The minimum absolute atomic E-state index is 0.251. The van der Waals surface area contributed by atoms with Gasteiger partial charge >= 0.3 is 0 Å². The van der Waals surface area contributed by atoms with Crippen molar-refractivity contribution >= 4 is 34.0 Å². The summed E-state index contributed by atoms with van der Waals surface area (Å²) in [5.41, 5.74) is 2.51. The molecule has 0 aliphatic carbocycles. The highest BCUT2D eigenvalue weighted by molar-refractivity contribution is 8.40. The molecule has 1 nitrogen and oxygen atoms in total. The molecule has 0 radical (unpaired) electrons. The first-order valence-corrected chi connectivity index (χ1v) is 10.1. The maximum atomic E-state index is 4.65. The van der Waals surface area contributed by atoms with Crippen LogP contribution in [0.2, 0.25) is 0 Å². The molecule has 1 unspecified atom stereocenters. The van der Waals surface area contributed by atoms with Crippen LogP contribution in [0, 0.1) is 0 Å². The highest BCUT2D eigenvalue weighted by Gasteiger charge is 2.14. The van der Waals surface area contributed by atoms with Crippen LogP contribution < -0.4 is 0 Å². The summed E-state index contributed by atoms with van der Waals surface area (Å²) in [5.74, 6) is 1.19. The van der Waals surface area contributed by atoms with Gasteiger partial charge in [-0.05, 0) is 11.1 Å². The molecule has 0 aromatic heterocycles. The third kappa shape index (κ3) is 5.52. The van der Waals surface area contributed by atoms with Gasteiger partial charge in [-0.1, -0.05) is 108 Å². The number of rotatable bonds is 6. The average molecular weight is 364 g/mol. The number of thioether (sulfide) groups is 2. The molecule has 0 bridgehead atoms.